The monoisotopic (exact) mass is 226 g/mol. The van der Waals surface area contributed by atoms with Gasteiger partial charge in [-0.1, -0.05) is 20.3 Å². The molecule has 3 heteroatoms. The van der Waals surface area contributed by atoms with Crippen LogP contribution in [0.15, 0.2) is 0 Å². The molecule has 1 aliphatic carbocycles. The Bertz CT molecular complexity index is 230. The lowest BCUT2D eigenvalue weighted by Crippen LogP contribution is -2.51. The zero-order chi connectivity index (χ0) is 11.6. The maximum atomic E-state index is 5.70. The topological polar surface area (TPSA) is 38.5 Å². The predicted octanol–water partition coefficient (Wildman–Crippen LogP) is 1.61. The Labute approximate surface area is 99.3 Å². The largest absolute Gasteiger partial charge is 0.374 e. The molecule has 1 saturated carbocycles. The minimum Gasteiger partial charge on any atom is -0.374 e. The van der Waals surface area contributed by atoms with Gasteiger partial charge in [-0.15, -0.1) is 0 Å². The number of morpholine rings is 1. The average Bonchev–Trinajstić information content (AvgIpc) is 2.28. The van der Waals surface area contributed by atoms with E-state index in [-0.39, 0.29) is 6.10 Å². The molecule has 0 radical (unpaired) electrons. The van der Waals surface area contributed by atoms with E-state index in [9.17, 15) is 0 Å². The third-order valence-corrected chi connectivity index (χ3v) is 4.13. The highest BCUT2D eigenvalue weighted by atomic mass is 16.5. The van der Waals surface area contributed by atoms with Gasteiger partial charge in [0.15, 0.2) is 0 Å². The van der Waals surface area contributed by atoms with Crippen LogP contribution in [0.1, 0.15) is 39.5 Å². The quantitative estimate of drug-likeness (QED) is 0.777. The summed E-state index contributed by atoms with van der Waals surface area (Å²) in [6.45, 7) is 8.46. The Balaban J connectivity index is 1.91. The minimum absolute atomic E-state index is 0.263. The fourth-order valence-electron chi connectivity index (χ4n) is 3.19. The van der Waals surface area contributed by atoms with Gasteiger partial charge >= 0.3 is 0 Å². The predicted molar refractivity (Wildman–Crippen MR) is 66.4 cm³/mol. The van der Waals surface area contributed by atoms with Crippen molar-refractivity contribution in [2.75, 3.05) is 26.2 Å². The van der Waals surface area contributed by atoms with Crippen molar-refractivity contribution in [3.05, 3.63) is 0 Å². The molecule has 2 aliphatic rings. The highest BCUT2D eigenvalue weighted by Gasteiger charge is 2.33. The van der Waals surface area contributed by atoms with Crippen LogP contribution < -0.4 is 5.73 Å². The maximum absolute atomic E-state index is 5.70. The van der Waals surface area contributed by atoms with Gasteiger partial charge in [-0.3, -0.25) is 4.90 Å². The van der Waals surface area contributed by atoms with E-state index in [1.54, 1.807) is 0 Å². The summed E-state index contributed by atoms with van der Waals surface area (Å²) in [5.74, 6) is 0. The van der Waals surface area contributed by atoms with E-state index >= 15 is 0 Å². The van der Waals surface area contributed by atoms with Crippen LogP contribution in [0.25, 0.3) is 0 Å². The lowest BCUT2D eigenvalue weighted by Gasteiger charge is -2.44. The van der Waals surface area contributed by atoms with Crippen LogP contribution in [0, 0.1) is 5.41 Å². The third-order valence-electron chi connectivity index (χ3n) is 4.13. The van der Waals surface area contributed by atoms with Crippen molar-refractivity contribution < 1.29 is 4.74 Å². The number of rotatable bonds is 2. The molecule has 3 nitrogen and oxygen atoms in total. The van der Waals surface area contributed by atoms with Crippen LogP contribution in [0.3, 0.4) is 0 Å². The smallest absolute Gasteiger partial charge is 0.0824 e. The van der Waals surface area contributed by atoms with Crippen molar-refractivity contribution in [2.45, 2.75) is 51.7 Å². The first-order valence-electron chi connectivity index (χ1n) is 6.66. The molecule has 1 saturated heterocycles. The van der Waals surface area contributed by atoms with E-state index in [2.05, 4.69) is 18.7 Å². The summed E-state index contributed by atoms with van der Waals surface area (Å²) < 4.78 is 5.63. The van der Waals surface area contributed by atoms with Crippen molar-refractivity contribution in [3.8, 4) is 0 Å². The Morgan fingerprint density at radius 1 is 1.44 bits per heavy atom. The van der Waals surface area contributed by atoms with E-state index in [4.69, 9.17) is 10.5 Å². The second-order valence-corrected chi connectivity index (χ2v) is 6.14. The molecule has 0 aromatic heterocycles. The van der Waals surface area contributed by atoms with Gasteiger partial charge in [0.05, 0.1) is 12.7 Å². The normalized spacial score (nSPS) is 36.2. The number of nitrogens with two attached hydrogens (primary N) is 1. The van der Waals surface area contributed by atoms with Crippen molar-refractivity contribution in [3.63, 3.8) is 0 Å². The van der Waals surface area contributed by atoms with Gasteiger partial charge < -0.3 is 10.5 Å². The van der Waals surface area contributed by atoms with Gasteiger partial charge in [0, 0.05) is 25.7 Å². The summed E-state index contributed by atoms with van der Waals surface area (Å²) in [6, 6.07) is 0.765. The standard InChI is InChI=1S/C13H26N2O/c1-13(2)5-3-4-11(8-13)15-6-7-16-12(9-14)10-15/h11-12H,3-10,14H2,1-2H3. The Morgan fingerprint density at radius 3 is 2.94 bits per heavy atom. The Kier molecular flexibility index (Phi) is 3.88. The third kappa shape index (κ3) is 2.96. The van der Waals surface area contributed by atoms with Gasteiger partial charge in [0.25, 0.3) is 0 Å². The Morgan fingerprint density at radius 2 is 2.25 bits per heavy atom. The molecule has 1 heterocycles. The molecule has 16 heavy (non-hydrogen) atoms. The molecule has 2 atom stereocenters. The molecule has 1 aliphatic heterocycles. The van der Waals surface area contributed by atoms with Crippen molar-refractivity contribution in [2.24, 2.45) is 11.1 Å². The molecule has 0 amide bonds. The van der Waals surface area contributed by atoms with Gasteiger partial charge in [0.1, 0.15) is 0 Å². The fourth-order valence-corrected chi connectivity index (χ4v) is 3.19. The van der Waals surface area contributed by atoms with Crippen molar-refractivity contribution >= 4 is 0 Å². The summed E-state index contributed by atoms with van der Waals surface area (Å²) in [6.07, 6.45) is 5.72. The number of ether oxygens (including phenoxy) is 1. The van der Waals surface area contributed by atoms with E-state index in [1.807, 2.05) is 0 Å². The van der Waals surface area contributed by atoms with Crippen LogP contribution in [-0.2, 0) is 4.74 Å². The first-order valence-corrected chi connectivity index (χ1v) is 6.66. The molecular formula is C13H26N2O. The summed E-state index contributed by atoms with van der Waals surface area (Å²) >= 11 is 0. The van der Waals surface area contributed by atoms with Crippen LogP contribution in [0.5, 0.6) is 0 Å². The molecule has 2 fully saturated rings. The van der Waals surface area contributed by atoms with Gasteiger partial charge in [-0.2, -0.15) is 0 Å². The molecule has 0 aromatic rings. The molecule has 94 valence electrons. The molecule has 0 aromatic carbocycles. The van der Waals surface area contributed by atoms with Gasteiger partial charge in [-0.25, -0.2) is 0 Å². The van der Waals surface area contributed by atoms with Crippen LogP contribution in [0.2, 0.25) is 0 Å². The minimum atomic E-state index is 0.263. The van der Waals surface area contributed by atoms with Gasteiger partial charge in [0.2, 0.25) is 0 Å². The molecule has 2 N–H and O–H groups in total. The Hall–Kier alpha value is -0.120. The molecular weight excluding hydrogens is 200 g/mol. The van der Waals surface area contributed by atoms with E-state index in [1.165, 1.54) is 25.7 Å². The molecule has 0 spiro atoms. The van der Waals surface area contributed by atoms with Crippen molar-refractivity contribution in [1.82, 2.24) is 4.90 Å². The first kappa shape index (κ1) is 12.3. The number of hydrogen-bond acceptors (Lipinski definition) is 3. The lowest BCUT2D eigenvalue weighted by atomic mass is 9.74. The second-order valence-electron chi connectivity index (χ2n) is 6.14. The average molecular weight is 226 g/mol. The summed E-state index contributed by atoms with van der Waals surface area (Å²) in [5, 5.41) is 0. The fraction of sp³-hybridized carbons (Fsp3) is 1.00. The first-order chi connectivity index (χ1) is 7.61. The van der Waals surface area contributed by atoms with Crippen LogP contribution >= 0.6 is 0 Å². The van der Waals surface area contributed by atoms with E-state index in [0.717, 1.165) is 25.7 Å². The van der Waals surface area contributed by atoms with E-state index < -0.39 is 0 Å². The van der Waals surface area contributed by atoms with E-state index in [0.29, 0.717) is 12.0 Å². The van der Waals surface area contributed by atoms with Crippen molar-refractivity contribution in [1.29, 1.82) is 0 Å². The number of nitrogens with zero attached hydrogens (tertiary/aromatic N) is 1. The summed E-state index contributed by atoms with van der Waals surface area (Å²) in [7, 11) is 0. The molecule has 0 bridgehead atoms. The summed E-state index contributed by atoms with van der Waals surface area (Å²) in [5.41, 5.74) is 6.22. The zero-order valence-corrected chi connectivity index (χ0v) is 10.7. The zero-order valence-electron chi connectivity index (χ0n) is 10.7. The highest BCUT2D eigenvalue weighted by molar-refractivity contribution is 4.87. The highest BCUT2D eigenvalue weighted by Crippen LogP contribution is 2.37. The maximum Gasteiger partial charge on any atom is 0.0824 e. The SMILES string of the molecule is CC1(C)CCCC(N2CCOC(CN)C2)C1. The number of hydrogen-bond donors (Lipinski definition) is 1. The molecule has 2 rings (SSSR count). The van der Waals surface area contributed by atoms with Crippen LogP contribution in [-0.4, -0.2) is 43.3 Å². The van der Waals surface area contributed by atoms with Crippen LogP contribution in [0.4, 0.5) is 0 Å². The lowest BCUT2D eigenvalue weighted by molar-refractivity contribution is -0.0513. The van der Waals surface area contributed by atoms with Gasteiger partial charge in [-0.05, 0) is 24.7 Å². The second kappa shape index (κ2) is 5.03. The summed E-state index contributed by atoms with van der Waals surface area (Å²) in [4.78, 5) is 2.61. The molecule has 2 unspecified atom stereocenters.